The number of hydrogen-bond acceptors (Lipinski definition) is 5. The number of anilines is 1. The fourth-order valence-corrected chi connectivity index (χ4v) is 2.61. The van der Waals surface area contributed by atoms with Gasteiger partial charge in [0.05, 0.1) is 0 Å². The number of rotatable bonds is 7. The fraction of sp³-hybridized carbons (Fsp3) is 0.353. The molecule has 0 fully saturated rings. The third kappa shape index (κ3) is 3.41. The first-order valence-corrected chi connectivity index (χ1v) is 7.76. The van der Waals surface area contributed by atoms with Crippen molar-refractivity contribution in [2.45, 2.75) is 32.6 Å². The maximum absolute atomic E-state index is 10.5. The van der Waals surface area contributed by atoms with E-state index in [0.717, 1.165) is 35.9 Å². The molecule has 0 radical (unpaired) electrons. The highest BCUT2D eigenvalue weighted by atomic mass is 16.4. The second kappa shape index (κ2) is 6.64. The minimum atomic E-state index is -0.742. The molecule has 3 aromatic rings. The molecular formula is C17H19N3O3. The average molecular weight is 313 g/mol. The van der Waals surface area contributed by atoms with E-state index in [0.29, 0.717) is 23.6 Å². The number of carboxylic acid groups (broad SMARTS) is 1. The summed E-state index contributed by atoms with van der Waals surface area (Å²) >= 11 is 0. The van der Waals surface area contributed by atoms with Crippen molar-refractivity contribution in [2.75, 3.05) is 11.9 Å². The Labute approximate surface area is 133 Å². The molecule has 0 unspecified atom stereocenters. The van der Waals surface area contributed by atoms with Crippen molar-refractivity contribution in [1.82, 2.24) is 9.97 Å². The maximum atomic E-state index is 10.5. The topological polar surface area (TPSA) is 88.2 Å². The highest BCUT2D eigenvalue weighted by Crippen LogP contribution is 2.30. The van der Waals surface area contributed by atoms with E-state index in [1.807, 2.05) is 31.2 Å². The molecule has 0 aliphatic heterocycles. The van der Waals surface area contributed by atoms with Crippen LogP contribution >= 0.6 is 0 Å². The fourth-order valence-electron chi connectivity index (χ4n) is 2.61. The average Bonchev–Trinajstić information content (AvgIpc) is 2.89. The number of nitrogens with one attached hydrogen (secondary N) is 1. The van der Waals surface area contributed by atoms with Crippen LogP contribution in [-0.2, 0) is 4.79 Å². The van der Waals surface area contributed by atoms with E-state index in [1.54, 1.807) is 0 Å². The van der Waals surface area contributed by atoms with Gasteiger partial charge in [0, 0.05) is 18.4 Å². The van der Waals surface area contributed by atoms with Crippen molar-refractivity contribution in [3.05, 3.63) is 30.1 Å². The normalized spacial score (nSPS) is 11.2. The molecule has 6 nitrogen and oxygen atoms in total. The molecular weight excluding hydrogens is 294 g/mol. The van der Waals surface area contributed by atoms with Crippen molar-refractivity contribution >= 4 is 33.9 Å². The zero-order valence-electron chi connectivity index (χ0n) is 13.0. The van der Waals surface area contributed by atoms with Gasteiger partial charge in [-0.3, -0.25) is 4.79 Å². The van der Waals surface area contributed by atoms with E-state index in [-0.39, 0.29) is 6.42 Å². The second-order valence-electron chi connectivity index (χ2n) is 5.53. The highest BCUT2D eigenvalue weighted by Gasteiger charge is 2.13. The molecule has 0 aliphatic carbocycles. The van der Waals surface area contributed by atoms with Gasteiger partial charge in [0.2, 0.25) is 0 Å². The Morgan fingerprint density at radius 3 is 2.87 bits per heavy atom. The lowest BCUT2D eigenvalue weighted by atomic mass is 10.2. The first-order valence-electron chi connectivity index (χ1n) is 7.76. The van der Waals surface area contributed by atoms with Gasteiger partial charge in [0.15, 0.2) is 11.4 Å². The first kappa shape index (κ1) is 15.3. The lowest BCUT2D eigenvalue weighted by Crippen LogP contribution is -2.05. The van der Waals surface area contributed by atoms with E-state index in [2.05, 4.69) is 15.3 Å². The van der Waals surface area contributed by atoms with Crippen LogP contribution in [0, 0.1) is 6.92 Å². The molecule has 0 saturated carbocycles. The highest BCUT2D eigenvalue weighted by molar-refractivity contribution is 6.05. The summed E-state index contributed by atoms with van der Waals surface area (Å²) in [7, 11) is 0. The van der Waals surface area contributed by atoms with Gasteiger partial charge in [-0.2, -0.15) is 0 Å². The minimum Gasteiger partial charge on any atom is -0.481 e. The number of carbonyl (C=O) groups is 1. The molecule has 0 spiro atoms. The summed E-state index contributed by atoms with van der Waals surface area (Å²) in [6.07, 6.45) is 2.67. The molecule has 1 aromatic carbocycles. The largest absolute Gasteiger partial charge is 0.481 e. The number of furan rings is 1. The molecule has 0 saturated heterocycles. The quantitative estimate of drug-likeness (QED) is 0.646. The number of fused-ring (bicyclic) bond motifs is 3. The summed E-state index contributed by atoms with van der Waals surface area (Å²) in [5.74, 6) is 0.646. The van der Waals surface area contributed by atoms with E-state index < -0.39 is 5.97 Å². The van der Waals surface area contributed by atoms with Crippen LogP contribution in [0.5, 0.6) is 0 Å². The summed E-state index contributed by atoms with van der Waals surface area (Å²) in [5, 5.41) is 12.9. The second-order valence-corrected chi connectivity index (χ2v) is 5.53. The lowest BCUT2D eigenvalue weighted by molar-refractivity contribution is -0.137. The predicted molar refractivity (Wildman–Crippen MR) is 88.6 cm³/mol. The van der Waals surface area contributed by atoms with Crippen molar-refractivity contribution in [2.24, 2.45) is 0 Å². The Morgan fingerprint density at radius 1 is 1.22 bits per heavy atom. The van der Waals surface area contributed by atoms with E-state index >= 15 is 0 Å². The predicted octanol–water partition coefficient (Wildman–Crippen LogP) is 3.74. The van der Waals surface area contributed by atoms with Crippen LogP contribution in [-0.4, -0.2) is 27.6 Å². The number of para-hydroxylation sites is 1. The molecule has 0 aliphatic rings. The Kier molecular flexibility index (Phi) is 4.41. The van der Waals surface area contributed by atoms with E-state index in [4.69, 9.17) is 9.52 Å². The lowest BCUT2D eigenvalue weighted by Gasteiger charge is -2.06. The van der Waals surface area contributed by atoms with Gasteiger partial charge in [-0.15, -0.1) is 0 Å². The number of benzene rings is 1. The van der Waals surface area contributed by atoms with Gasteiger partial charge >= 0.3 is 5.97 Å². The van der Waals surface area contributed by atoms with Crippen LogP contribution in [0.2, 0.25) is 0 Å². The summed E-state index contributed by atoms with van der Waals surface area (Å²) in [6.45, 7) is 2.58. The van der Waals surface area contributed by atoms with Crippen molar-refractivity contribution in [3.8, 4) is 0 Å². The monoisotopic (exact) mass is 313 g/mol. The van der Waals surface area contributed by atoms with Crippen LogP contribution in [0.3, 0.4) is 0 Å². The summed E-state index contributed by atoms with van der Waals surface area (Å²) in [6, 6.07) is 7.80. The number of hydrogen-bond donors (Lipinski definition) is 2. The van der Waals surface area contributed by atoms with E-state index in [1.165, 1.54) is 0 Å². The Bertz CT molecular complexity index is 842. The van der Waals surface area contributed by atoms with E-state index in [9.17, 15) is 4.79 Å². The number of aliphatic carboxylic acids is 1. The molecule has 2 N–H and O–H groups in total. The van der Waals surface area contributed by atoms with Crippen LogP contribution < -0.4 is 5.32 Å². The van der Waals surface area contributed by atoms with Crippen LogP contribution in [0.1, 0.15) is 31.5 Å². The number of nitrogens with zero attached hydrogens (tertiary/aromatic N) is 2. The van der Waals surface area contributed by atoms with Gasteiger partial charge in [-0.1, -0.05) is 18.6 Å². The van der Waals surface area contributed by atoms with Crippen LogP contribution in [0.4, 0.5) is 5.82 Å². The first-order chi connectivity index (χ1) is 11.1. The molecule has 23 heavy (non-hydrogen) atoms. The minimum absolute atomic E-state index is 0.223. The van der Waals surface area contributed by atoms with Gasteiger partial charge in [-0.25, -0.2) is 9.97 Å². The SMILES string of the molecule is Cc1nc(NCCCCCC(=O)O)c2oc3ccccc3c2n1. The van der Waals surface area contributed by atoms with Crippen molar-refractivity contribution < 1.29 is 14.3 Å². The summed E-state index contributed by atoms with van der Waals surface area (Å²) < 4.78 is 5.88. The Morgan fingerprint density at radius 2 is 2.04 bits per heavy atom. The molecule has 2 aromatic heterocycles. The van der Waals surface area contributed by atoms with Crippen molar-refractivity contribution in [1.29, 1.82) is 0 Å². The molecule has 2 heterocycles. The third-order valence-corrected chi connectivity index (χ3v) is 3.69. The summed E-state index contributed by atoms with van der Waals surface area (Å²) in [4.78, 5) is 19.4. The standard InChI is InChI=1S/C17H19N3O3/c1-11-19-15-12-7-4-5-8-13(12)23-16(15)17(20-11)18-10-6-2-3-9-14(21)22/h4-5,7-8H,2-3,6,9-10H2,1H3,(H,21,22)(H,18,19,20). The number of carboxylic acids is 1. The zero-order valence-corrected chi connectivity index (χ0v) is 13.0. The molecule has 6 heteroatoms. The number of aromatic nitrogens is 2. The van der Waals surface area contributed by atoms with Crippen LogP contribution in [0.25, 0.3) is 22.1 Å². The van der Waals surface area contributed by atoms with Gasteiger partial charge in [0.25, 0.3) is 0 Å². The molecule has 0 atom stereocenters. The molecule has 0 bridgehead atoms. The van der Waals surface area contributed by atoms with Gasteiger partial charge in [0.1, 0.15) is 16.9 Å². The Hall–Kier alpha value is -2.63. The number of aryl methyl sites for hydroxylation is 1. The van der Waals surface area contributed by atoms with Gasteiger partial charge in [-0.05, 0) is 31.9 Å². The Balaban J connectivity index is 1.74. The third-order valence-electron chi connectivity index (χ3n) is 3.69. The smallest absolute Gasteiger partial charge is 0.303 e. The maximum Gasteiger partial charge on any atom is 0.303 e. The molecule has 0 amide bonds. The zero-order chi connectivity index (χ0) is 16.2. The van der Waals surface area contributed by atoms with Crippen LogP contribution in [0.15, 0.2) is 28.7 Å². The van der Waals surface area contributed by atoms with Crippen molar-refractivity contribution in [3.63, 3.8) is 0 Å². The molecule has 120 valence electrons. The van der Waals surface area contributed by atoms with Gasteiger partial charge < -0.3 is 14.8 Å². The molecule has 3 rings (SSSR count). The number of unbranched alkanes of at least 4 members (excludes halogenated alkanes) is 2. The summed E-state index contributed by atoms with van der Waals surface area (Å²) in [5.41, 5.74) is 2.29.